The van der Waals surface area contributed by atoms with E-state index in [-0.39, 0.29) is 51.4 Å². The zero-order valence-electron chi connectivity index (χ0n) is 6.77. The van der Waals surface area contributed by atoms with Crippen LogP contribution in [0.15, 0.2) is 36.7 Å². The van der Waals surface area contributed by atoms with Crippen LogP contribution in [0.3, 0.4) is 0 Å². The fourth-order valence-electron chi connectivity index (χ4n) is 1.22. The van der Waals surface area contributed by atoms with Crippen LogP contribution in [-0.4, -0.2) is 67.4 Å². The quantitative estimate of drug-likeness (QED) is 0.726. The zero-order chi connectivity index (χ0) is 9.26. The molecule has 2 aromatic rings. The van der Waals surface area contributed by atoms with Gasteiger partial charge in [-0.25, -0.2) is 4.79 Å². The second-order valence-corrected chi connectivity index (χ2v) is 2.74. The fraction of sp³-hybridized carbons (Fsp3) is 0. The van der Waals surface area contributed by atoms with Crippen molar-refractivity contribution in [1.29, 1.82) is 0 Å². The normalized spacial score (nSPS) is 9.43. The molecule has 0 unspecified atom stereocenters. The summed E-state index contributed by atoms with van der Waals surface area (Å²) in [5.41, 5.74) is 0.292. The molecule has 0 spiro atoms. The van der Waals surface area contributed by atoms with E-state index in [2.05, 4.69) is 4.98 Å². The van der Waals surface area contributed by atoms with Gasteiger partial charge in [0.15, 0.2) is 0 Å². The van der Waals surface area contributed by atoms with Gasteiger partial charge in [0.25, 0.3) is 0 Å². The summed E-state index contributed by atoms with van der Waals surface area (Å²) < 4.78 is 0. The number of aromatic nitrogens is 1. The van der Waals surface area contributed by atoms with Crippen molar-refractivity contribution in [1.82, 2.24) is 4.98 Å². The zero-order valence-corrected chi connectivity index (χ0v) is 6.77. The Bertz CT molecular complexity index is 470. The first kappa shape index (κ1) is 11.8. The maximum atomic E-state index is 10.6. The molecule has 0 aliphatic heterocycles. The first-order valence-corrected chi connectivity index (χ1v) is 3.84. The van der Waals surface area contributed by atoms with Crippen LogP contribution in [-0.2, 0) is 0 Å². The molecule has 0 aliphatic rings. The molecule has 1 N–H and O–H groups in total. The molecule has 0 saturated heterocycles. The molecule has 3 nitrogen and oxygen atoms in total. The molecule has 1 aromatic carbocycles. The van der Waals surface area contributed by atoms with E-state index in [0.717, 1.165) is 10.8 Å². The number of carboxylic acid groups (broad SMARTS) is 1. The molecule has 0 bridgehead atoms. The molecule has 0 aliphatic carbocycles. The number of fused-ring (bicyclic) bond motifs is 1. The Morgan fingerprint density at radius 1 is 1.21 bits per heavy atom. The number of carboxylic acids is 1. The topological polar surface area (TPSA) is 50.2 Å². The Morgan fingerprint density at radius 2 is 2.00 bits per heavy atom. The summed E-state index contributed by atoms with van der Waals surface area (Å²) in [4.78, 5) is 14.5. The van der Waals surface area contributed by atoms with Crippen LogP contribution in [0.25, 0.3) is 10.8 Å². The standard InChI is InChI=1S/C10H7NO2.K.H/c12-10(13)8-2-1-7-3-4-11-6-9(7)5-8;;/h1-6H,(H,12,13);;. The first-order chi connectivity index (χ1) is 6.27. The molecule has 66 valence electrons. The molecule has 14 heavy (non-hydrogen) atoms. The molecule has 0 saturated carbocycles. The van der Waals surface area contributed by atoms with Crippen molar-refractivity contribution in [2.24, 2.45) is 0 Å². The van der Waals surface area contributed by atoms with Crippen molar-refractivity contribution in [2.75, 3.05) is 0 Å². The van der Waals surface area contributed by atoms with Gasteiger partial charge < -0.3 is 5.11 Å². The van der Waals surface area contributed by atoms with Gasteiger partial charge in [0.2, 0.25) is 0 Å². The van der Waals surface area contributed by atoms with E-state index in [0.29, 0.717) is 5.56 Å². The third kappa shape index (κ3) is 2.40. The van der Waals surface area contributed by atoms with Crippen LogP contribution in [0, 0.1) is 0 Å². The summed E-state index contributed by atoms with van der Waals surface area (Å²) in [6.07, 6.45) is 3.34. The third-order valence-corrected chi connectivity index (χ3v) is 1.89. The molecule has 0 radical (unpaired) electrons. The van der Waals surface area contributed by atoms with Gasteiger partial charge in [-0.2, -0.15) is 0 Å². The van der Waals surface area contributed by atoms with E-state index in [4.69, 9.17) is 5.11 Å². The van der Waals surface area contributed by atoms with Crippen molar-refractivity contribution in [3.05, 3.63) is 42.2 Å². The Kier molecular flexibility index (Phi) is 4.22. The van der Waals surface area contributed by atoms with Gasteiger partial charge in [0, 0.05) is 17.8 Å². The van der Waals surface area contributed by atoms with E-state index >= 15 is 0 Å². The molecule has 1 aromatic heterocycles. The van der Waals surface area contributed by atoms with Crippen molar-refractivity contribution in [2.45, 2.75) is 0 Å². The summed E-state index contributed by atoms with van der Waals surface area (Å²) >= 11 is 0. The van der Waals surface area contributed by atoms with Gasteiger partial charge in [-0.05, 0) is 23.6 Å². The molecular weight excluding hydrogens is 205 g/mol. The van der Waals surface area contributed by atoms with Crippen LogP contribution in [0.2, 0.25) is 0 Å². The summed E-state index contributed by atoms with van der Waals surface area (Å²) in [5, 5.41) is 10.6. The maximum absolute atomic E-state index is 10.6. The average Bonchev–Trinajstić information content (AvgIpc) is 2.17. The molecular formula is C10H8KNO2. The van der Waals surface area contributed by atoms with Gasteiger partial charge in [0.1, 0.15) is 0 Å². The summed E-state index contributed by atoms with van der Waals surface area (Å²) in [7, 11) is 0. The van der Waals surface area contributed by atoms with E-state index in [1.807, 2.05) is 6.07 Å². The predicted molar refractivity (Wildman–Crippen MR) is 55.9 cm³/mol. The summed E-state index contributed by atoms with van der Waals surface area (Å²) in [5.74, 6) is -0.911. The fourth-order valence-corrected chi connectivity index (χ4v) is 1.22. The molecule has 1 heterocycles. The van der Waals surface area contributed by atoms with E-state index < -0.39 is 5.97 Å². The minimum atomic E-state index is -0.911. The molecule has 0 atom stereocenters. The molecule has 2 rings (SSSR count). The van der Waals surface area contributed by atoms with Crippen LogP contribution >= 0.6 is 0 Å². The van der Waals surface area contributed by atoms with Gasteiger partial charge in [-0.1, -0.05) is 6.07 Å². The number of pyridine rings is 1. The van der Waals surface area contributed by atoms with Gasteiger partial charge in [-0.15, -0.1) is 0 Å². The number of hydrogen-bond acceptors (Lipinski definition) is 2. The van der Waals surface area contributed by atoms with Gasteiger partial charge in [0.05, 0.1) is 5.56 Å². The molecule has 0 fully saturated rings. The summed E-state index contributed by atoms with van der Waals surface area (Å²) in [6.45, 7) is 0. The third-order valence-electron chi connectivity index (χ3n) is 1.89. The van der Waals surface area contributed by atoms with Crippen molar-refractivity contribution in [3.63, 3.8) is 0 Å². The summed E-state index contributed by atoms with van der Waals surface area (Å²) in [6, 6.07) is 6.83. The Balaban J connectivity index is 0.000000980. The number of benzene rings is 1. The average molecular weight is 213 g/mol. The monoisotopic (exact) mass is 213 g/mol. The van der Waals surface area contributed by atoms with E-state index in [1.165, 1.54) is 0 Å². The minimum absolute atomic E-state index is 0. The molecule has 0 amide bonds. The SMILES string of the molecule is O=C(O)c1ccc2ccncc2c1.[KH]. The van der Waals surface area contributed by atoms with Gasteiger partial charge >= 0.3 is 57.4 Å². The predicted octanol–water partition coefficient (Wildman–Crippen LogP) is 1.28. The number of nitrogens with zero attached hydrogens (tertiary/aromatic N) is 1. The van der Waals surface area contributed by atoms with Gasteiger partial charge in [-0.3, -0.25) is 4.98 Å². The van der Waals surface area contributed by atoms with Crippen molar-refractivity contribution >= 4 is 68.1 Å². The second kappa shape index (κ2) is 5.00. The van der Waals surface area contributed by atoms with Crippen molar-refractivity contribution in [3.8, 4) is 0 Å². The van der Waals surface area contributed by atoms with E-state index in [9.17, 15) is 4.79 Å². The Morgan fingerprint density at radius 3 is 2.71 bits per heavy atom. The van der Waals surface area contributed by atoms with Crippen LogP contribution in [0.5, 0.6) is 0 Å². The first-order valence-electron chi connectivity index (χ1n) is 3.84. The Labute approximate surface area is 124 Å². The molecule has 4 heteroatoms. The van der Waals surface area contributed by atoms with Crippen LogP contribution in [0.4, 0.5) is 0 Å². The Hall–Kier alpha value is -0.264. The van der Waals surface area contributed by atoms with Crippen LogP contribution in [0.1, 0.15) is 10.4 Å². The van der Waals surface area contributed by atoms with Crippen LogP contribution < -0.4 is 0 Å². The second-order valence-electron chi connectivity index (χ2n) is 2.74. The van der Waals surface area contributed by atoms with Crippen molar-refractivity contribution < 1.29 is 9.90 Å². The number of rotatable bonds is 1. The number of carbonyl (C=O) groups is 1. The number of aromatic carboxylic acids is 1. The van der Waals surface area contributed by atoms with E-state index in [1.54, 1.807) is 30.6 Å². The number of hydrogen-bond donors (Lipinski definition) is 1.